The highest BCUT2D eigenvalue weighted by molar-refractivity contribution is 7.90. The Balaban J connectivity index is 1.37. The van der Waals surface area contributed by atoms with Gasteiger partial charge in [-0.1, -0.05) is 18.2 Å². The van der Waals surface area contributed by atoms with E-state index >= 15 is 0 Å². The molecule has 1 aromatic carbocycles. The van der Waals surface area contributed by atoms with E-state index in [-0.39, 0.29) is 6.42 Å². The maximum Gasteiger partial charge on any atom is 0.245 e. The summed E-state index contributed by atoms with van der Waals surface area (Å²) in [6.45, 7) is 5.81. The molecule has 1 unspecified atom stereocenters. The van der Waals surface area contributed by atoms with E-state index in [1.54, 1.807) is 29.8 Å². The highest BCUT2D eigenvalue weighted by atomic mass is 32.2. The number of piperazine rings is 1. The molecule has 1 aliphatic heterocycles. The van der Waals surface area contributed by atoms with Crippen LogP contribution in [0.5, 0.6) is 0 Å². The Morgan fingerprint density at radius 2 is 1.79 bits per heavy atom. The van der Waals surface area contributed by atoms with Gasteiger partial charge in [-0.05, 0) is 62.4 Å². The van der Waals surface area contributed by atoms with Crippen molar-refractivity contribution in [3.8, 4) is 0 Å². The Morgan fingerprint density at radius 1 is 1.06 bits per heavy atom. The van der Waals surface area contributed by atoms with Gasteiger partial charge in [0.05, 0.1) is 17.4 Å². The third-order valence-electron chi connectivity index (χ3n) is 6.66. The average molecular weight is 480 g/mol. The van der Waals surface area contributed by atoms with Gasteiger partial charge < -0.3 is 15.1 Å². The van der Waals surface area contributed by atoms with Crippen LogP contribution in [0.3, 0.4) is 0 Å². The first-order chi connectivity index (χ1) is 16.2. The van der Waals surface area contributed by atoms with Crippen LogP contribution < -0.4 is 15.4 Å². The Kier molecular flexibility index (Phi) is 5.67. The lowest BCUT2D eigenvalue weighted by molar-refractivity contribution is 0.313. The molecule has 0 bridgehead atoms. The van der Waals surface area contributed by atoms with Gasteiger partial charge >= 0.3 is 0 Å². The lowest BCUT2D eigenvalue weighted by Gasteiger charge is -2.34. The number of rotatable bonds is 5. The second-order valence-corrected chi connectivity index (χ2v) is 11.2. The number of likely N-dealkylation sites (N-methyl/N-ethyl adjacent to an activating group) is 1. The fourth-order valence-corrected chi connectivity index (χ4v) is 5.01. The summed E-state index contributed by atoms with van der Waals surface area (Å²) in [6, 6.07) is 12.1. The normalized spacial score (nSPS) is 21.6. The van der Waals surface area contributed by atoms with Crippen molar-refractivity contribution in [2.45, 2.75) is 18.1 Å². The Bertz CT molecular complexity index is 1370. The van der Waals surface area contributed by atoms with E-state index in [0.717, 1.165) is 48.7 Å². The highest BCUT2D eigenvalue weighted by Gasteiger charge is 2.36. The van der Waals surface area contributed by atoms with Crippen molar-refractivity contribution in [3.63, 3.8) is 0 Å². The third kappa shape index (κ3) is 4.31. The Morgan fingerprint density at radius 3 is 2.50 bits per heavy atom. The lowest BCUT2D eigenvalue weighted by atomic mass is 9.93. The van der Waals surface area contributed by atoms with Gasteiger partial charge in [-0.15, -0.1) is 5.10 Å². The van der Waals surface area contributed by atoms with Gasteiger partial charge in [0, 0.05) is 37.6 Å². The number of nitrogens with one attached hydrogen (secondary N) is 1. The summed E-state index contributed by atoms with van der Waals surface area (Å²) in [5.74, 6) is 0.457. The Hall–Kier alpha value is -3.21. The van der Waals surface area contributed by atoms with Crippen molar-refractivity contribution in [1.29, 1.82) is 0 Å². The number of hydrogen-bond acceptors (Lipinski definition) is 7. The van der Waals surface area contributed by atoms with Crippen LogP contribution in [0.25, 0.3) is 11.1 Å². The molecular weight excluding hydrogens is 450 g/mol. The smallest absolute Gasteiger partial charge is 0.245 e. The molecule has 178 valence electrons. The van der Waals surface area contributed by atoms with Crippen LogP contribution in [0.2, 0.25) is 0 Å². The number of aromatic nitrogens is 3. The fourth-order valence-electron chi connectivity index (χ4n) is 4.39. The van der Waals surface area contributed by atoms with Crippen LogP contribution >= 0.6 is 0 Å². The molecular formula is C24H29N7O2S. The molecule has 0 spiro atoms. The number of hydrogen-bond donors (Lipinski definition) is 2. The largest absolute Gasteiger partial charge is 0.369 e. The molecule has 3 aromatic rings. The van der Waals surface area contributed by atoms with Crippen molar-refractivity contribution in [1.82, 2.24) is 19.5 Å². The number of sulfonamides is 1. The fraction of sp³-hybridized carbons (Fsp3) is 0.333. The summed E-state index contributed by atoms with van der Waals surface area (Å²) < 4.78 is 24.9. The zero-order valence-electron chi connectivity index (χ0n) is 19.3. The molecule has 3 heterocycles. The molecule has 3 N–H and O–H groups in total. The average Bonchev–Trinajstić information content (AvgIpc) is 3.23. The minimum atomic E-state index is -3.75. The number of anilines is 3. The molecule has 1 fully saturated rings. The number of benzene rings is 1. The van der Waals surface area contributed by atoms with Gasteiger partial charge in [-0.25, -0.2) is 23.1 Å². The van der Waals surface area contributed by atoms with Crippen molar-refractivity contribution < 1.29 is 8.42 Å². The van der Waals surface area contributed by atoms with Gasteiger partial charge in [0.15, 0.2) is 0 Å². The molecule has 2 aromatic heterocycles. The van der Waals surface area contributed by atoms with Crippen LogP contribution in [0.15, 0.2) is 60.8 Å². The van der Waals surface area contributed by atoms with E-state index < -0.39 is 14.8 Å². The standard InChI is InChI=1S/C24H29N7O2S/c1-24(34(25,32)33)11-3-4-18(16-24)22-10-9-21-17-26-23(28-31(21)22)27-19-5-7-20(8-6-19)30-14-12-29(2)13-15-30/h3-11,17H,12-16H2,1-2H3,(H,27,28)(H2,25,32,33). The van der Waals surface area contributed by atoms with Gasteiger partial charge in [0.1, 0.15) is 4.75 Å². The number of nitrogens with zero attached hydrogens (tertiary/aromatic N) is 5. The number of nitrogens with two attached hydrogens (primary N) is 1. The first kappa shape index (κ1) is 22.6. The predicted octanol–water partition coefficient (Wildman–Crippen LogP) is 2.62. The topological polar surface area (TPSA) is 109 Å². The first-order valence-corrected chi connectivity index (χ1v) is 12.8. The summed E-state index contributed by atoms with van der Waals surface area (Å²) in [6.07, 6.45) is 7.30. The molecule has 1 atom stereocenters. The van der Waals surface area contributed by atoms with Gasteiger partial charge in [-0.3, -0.25) is 0 Å². The monoisotopic (exact) mass is 479 g/mol. The second kappa shape index (κ2) is 8.53. The van der Waals surface area contributed by atoms with Crippen LogP contribution in [0.4, 0.5) is 17.3 Å². The summed E-state index contributed by atoms with van der Waals surface area (Å²) in [5.41, 5.74) is 4.58. The van der Waals surface area contributed by atoms with E-state index in [0.29, 0.717) is 5.95 Å². The molecule has 9 nitrogen and oxygen atoms in total. The quantitative estimate of drug-likeness (QED) is 0.579. The maximum absolute atomic E-state index is 12.1. The molecule has 1 saturated heterocycles. The molecule has 1 aliphatic carbocycles. The van der Waals surface area contributed by atoms with Crippen molar-refractivity contribution in [2.75, 3.05) is 43.4 Å². The van der Waals surface area contributed by atoms with Gasteiger partial charge in [-0.2, -0.15) is 0 Å². The number of fused-ring (bicyclic) bond motifs is 1. The molecule has 5 rings (SSSR count). The SMILES string of the molecule is CN1CCN(c2ccc(Nc3ncc4ccc(C5=CC=CC(C)(S(N)(=O)=O)C5)n4n3)cc2)CC1. The summed E-state index contributed by atoms with van der Waals surface area (Å²) in [7, 11) is -1.60. The minimum absolute atomic E-state index is 0.273. The first-order valence-electron chi connectivity index (χ1n) is 11.3. The third-order valence-corrected chi connectivity index (χ3v) is 8.24. The van der Waals surface area contributed by atoms with E-state index in [1.165, 1.54) is 5.69 Å². The highest BCUT2D eigenvalue weighted by Crippen LogP contribution is 2.34. The number of primary sulfonamides is 1. The summed E-state index contributed by atoms with van der Waals surface area (Å²) in [5, 5.41) is 13.4. The van der Waals surface area contributed by atoms with Crippen molar-refractivity contribution in [2.24, 2.45) is 5.14 Å². The molecule has 0 amide bonds. The summed E-state index contributed by atoms with van der Waals surface area (Å²) in [4.78, 5) is 9.17. The van der Waals surface area contributed by atoms with E-state index in [9.17, 15) is 8.42 Å². The summed E-state index contributed by atoms with van der Waals surface area (Å²) >= 11 is 0. The van der Waals surface area contributed by atoms with E-state index in [4.69, 9.17) is 5.14 Å². The van der Waals surface area contributed by atoms with Gasteiger partial charge in [0.25, 0.3) is 0 Å². The Labute approximate surface area is 199 Å². The van der Waals surface area contributed by atoms with E-state index in [1.807, 2.05) is 30.3 Å². The number of allylic oxidation sites excluding steroid dienone is 3. The predicted molar refractivity (Wildman–Crippen MR) is 136 cm³/mol. The molecule has 34 heavy (non-hydrogen) atoms. The van der Waals surface area contributed by atoms with Crippen LogP contribution in [-0.2, 0) is 10.0 Å². The zero-order valence-corrected chi connectivity index (χ0v) is 20.2. The second-order valence-electron chi connectivity index (χ2n) is 9.18. The zero-order chi connectivity index (χ0) is 23.9. The van der Waals surface area contributed by atoms with E-state index in [2.05, 4.69) is 44.4 Å². The van der Waals surface area contributed by atoms with Gasteiger partial charge in [0.2, 0.25) is 16.0 Å². The van der Waals surface area contributed by atoms with Crippen LogP contribution in [0, 0.1) is 0 Å². The molecule has 0 radical (unpaired) electrons. The van der Waals surface area contributed by atoms with Crippen molar-refractivity contribution >= 4 is 38.4 Å². The van der Waals surface area contributed by atoms with Crippen LogP contribution in [0.1, 0.15) is 19.0 Å². The minimum Gasteiger partial charge on any atom is -0.369 e. The maximum atomic E-state index is 12.1. The molecule has 2 aliphatic rings. The lowest BCUT2D eigenvalue weighted by Crippen LogP contribution is -2.44. The van der Waals surface area contributed by atoms with Crippen molar-refractivity contribution in [3.05, 3.63) is 66.5 Å². The van der Waals surface area contributed by atoms with Crippen LogP contribution in [-0.4, -0.2) is 65.9 Å². The molecule has 10 heteroatoms. The molecule has 0 saturated carbocycles.